The Kier molecular flexibility index (Phi) is 4.75. The van der Waals surface area contributed by atoms with Gasteiger partial charge < -0.3 is 15.2 Å². The summed E-state index contributed by atoms with van der Waals surface area (Å²) >= 11 is 0. The van der Waals surface area contributed by atoms with E-state index in [-0.39, 0.29) is 11.8 Å². The standard InChI is InChI=1S/C14H24N4O2/c1-9(2)13(15)14(19)18-6-4-5-11(8-18)7-12-16-10(3)20-17-12/h9,11,13H,4-8,15H2,1-3H3/t11?,13-/m0/s1. The topological polar surface area (TPSA) is 85.2 Å². The minimum atomic E-state index is -0.402. The van der Waals surface area contributed by atoms with Crippen molar-refractivity contribution in [2.45, 2.75) is 46.1 Å². The van der Waals surface area contributed by atoms with Gasteiger partial charge >= 0.3 is 0 Å². The molecule has 1 aliphatic heterocycles. The number of likely N-dealkylation sites (tertiary alicyclic amines) is 1. The van der Waals surface area contributed by atoms with E-state index in [1.165, 1.54) is 0 Å². The first-order valence-corrected chi connectivity index (χ1v) is 7.31. The van der Waals surface area contributed by atoms with Gasteiger partial charge in [0.1, 0.15) is 0 Å². The zero-order valence-corrected chi connectivity index (χ0v) is 12.5. The lowest BCUT2D eigenvalue weighted by molar-refractivity contribution is -0.135. The van der Waals surface area contributed by atoms with E-state index in [0.29, 0.717) is 11.8 Å². The smallest absolute Gasteiger partial charge is 0.239 e. The van der Waals surface area contributed by atoms with Gasteiger partial charge in [-0.15, -0.1) is 0 Å². The van der Waals surface area contributed by atoms with E-state index in [9.17, 15) is 4.79 Å². The van der Waals surface area contributed by atoms with Gasteiger partial charge in [-0.2, -0.15) is 4.98 Å². The highest BCUT2D eigenvalue weighted by Crippen LogP contribution is 2.21. The quantitative estimate of drug-likeness (QED) is 0.894. The molecule has 1 aromatic rings. The first kappa shape index (κ1) is 15.0. The summed E-state index contributed by atoms with van der Waals surface area (Å²) in [6.07, 6.45) is 2.87. The molecule has 1 aliphatic rings. The maximum Gasteiger partial charge on any atom is 0.239 e. The van der Waals surface area contributed by atoms with Gasteiger partial charge in [0.15, 0.2) is 5.82 Å². The molecule has 20 heavy (non-hydrogen) atoms. The molecule has 6 nitrogen and oxygen atoms in total. The van der Waals surface area contributed by atoms with E-state index < -0.39 is 6.04 Å². The number of aryl methyl sites for hydroxylation is 1. The van der Waals surface area contributed by atoms with Crippen LogP contribution in [0.2, 0.25) is 0 Å². The van der Waals surface area contributed by atoms with Gasteiger partial charge in [-0.25, -0.2) is 0 Å². The molecular formula is C14H24N4O2. The monoisotopic (exact) mass is 280 g/mol. The van der Waals surface area contributed by atoms with Crippen LogP contribution in [0.25, 0.3) is 0 Å². The van der Waals surface area contributed by atoms with Crippen LogP contribution in [0.4, 0.5) is 0 Å². The summed E-state index contributed by atoms with van der Waals surface area (Å²) in [5.41, 5.74) is 5.96. The fourth-order valence-electron chi connectivity index (χ4n) is 2.61. The Bertz CT molecular complexity index is 458. The molecule has 1 unspecified atom stereocenters. The summed E-state index contributed by atoms with van der Waals surface area (Å²) in [5.74, 6) is 1.95. The number of hydrogen-bond donors (Lipinski definition) is 1. The fourth-order valence-corrected chi connectivity index (χ4v) is 2.61. The molecule has 0 aromatic carbocycles. The summed E-state index contributed by atoms with van der Waals surface area (Å²) in [4.78, 5) is 18.4. The Labute approximate surface area is 119 Å². The zero-order valence-electron chi connectivity index (χ0n) is 12.5. The molecule has 112 valence electrons. The van der Waals surface area contributed by atoms with Crippen molar-refractivity contribution >= 4 is 5.91 Å². The summed E-state index contributed by atoms with van der Waals surface area (Å²) in [5, 5.41) is 3.93. The molecule has 0 spiro atoms. The van der Waals surface area contributed by atoms with E-state index >= 15 is 0 Å². The second kappa shape index (κ2) is 6.35. The molecule has 1 saturated heterocycles. The summed E-state index contributed by atoms with van der Waals surface area (Å²) < 4.78 is 4.99. The lowest BCUT2D eigenvalue weighted by Gasteiger charge is -2.34. The van der Waals surface area contributed by atoms with Crippen LogP contribution in [0, 0.1) is 18.8 Å². The normalized spacial score (nSPS) is 21.2. The molecule has 1 amide bonds. The van der Waals surface area contributed by atoms with E-state index in [1.54, 1.807) is 6.92 Å². The Morgan fingerprint density at radius 2 is 2.30 bits per heavy atom. The number of aromatic nitrogens is 2. The molecule has 6 heteroatoms. The summed E-state index contributed by atoms with van der Waals surface area (Å²) in [6.45, 7) is 7.29. The molecule has 2 heterocycles. The van der Waals surface area contributed by atoms with Crippen LogP contribution in [0.5, 0.6) is 0 Å². The number of carbonyl (C=O) groups is 1. The molecule has 2 N–H and O–H groups in total. The highest BCUT2D eigenvalue weighted by molar-refractivity contribution is 5.82. The number of nitrogens with two attached hydrogens (primary N) is 1. The largest absolute Gasteiger partial charge is 0.341 e. The number of carbonyl (C=O) groups excluding carboxylic acids is 1. The Balaban J connectivity index is 1.93. The zero-order chi connectivity index (χ0) is 14.7. The summed E-state index contributed by atoms with van der Waals surface area (Å²) in [7, 11) is 0. The Morgan fingerprint density at radius 3 is 2.90 bits per heavy atom. The van der Waals surface area contributed by atoms with Gasteiger partial charge in [0, 0.05) is 26.4 Å². The van der Waals surface area contributed by atoms with Crippen LogP contribution in [-0.2, 0) is 11.2 Å². The molecule has 2 rings (SSSR count). The van der Waals surface area contributed by atoms with Crippen LogP contribution in [0.1, 0.15) is 38.4 Å². The SMILES string of the molecule is Cc1nc(CC2CCCN(C(=O)[C@@H](N)C(C)C)C2)no1. The highest BCUT2D eigenvalue weighted by atomic mass is 16.5. The van der Waals surface area contributed by atoms with Crippen molar-refractivity contribution in [3.05, 3.63) is 11.7 Å². The maximum absolute atomic E-state index is 12.3. The van der Waals surface area contributed by atoms with Crippen molar-refractivity contribution in [2.75, 3.05) is 13.1 Å². The lowest BCUT2D eigenvalue weighted by Crippen LogP contribution is -2.50. The minimum Gasteiger partial charge on any atom is -0.341 e. The number of piperidine rings is 1. The fraction of sp³-hybridized carbons (Fsp3) is 0.786. The van der Waals surface area contributed by atoms with Gasteiger partial charge in [-0.1, -0.05) is 19.0 Å². The van der Waals surface area contributed by atoms with Crippen molar-refractivity contribution in [3.63, 3.8) is 0 Å². The molecule has 1 aromatic heterocycles. The van der Waals surface area contributed by atoms with Gasteiger partial charge in [0.05, 0.1) is 6.04 Å². The van der Waals surface area contributed by atoms with Crippen molar-refractivity contribution in [1.82, 2.24) is 15.0 Å². The van der Waals surface area contributed by atoms with Crippen LogP contribution in [0.3, 0.4) is 0 Å². The van der Waals surface area contributed by atoms with E-state index in [0.717, 1.165) is 38.2 Å². The second-order valence-electron chi connectivity index (χ2n) is 6.00. The average Bonchev–Trinajstić information content (AvgIpc) is 2.82. The van der Waals surface area contributed by atoms with Crippen LogP contribution < -0.4 is 5.73 Å². The Morgan fingerprint density at radius 1 is 1.55 bits per heavy atom. The van der Waals surface area contributed by atoms with Crippen LogP contribution in [-0.4, -0.2) is 40.1 Å². The van der Waals surface area contributed by atoms with Gasteiger partial charge in [0.25, 0.3) is 0 Å². The first-order valence-electron chi connectivity index (χ1n) is 7.31. The molecule has 0 radical (unpaired) electrons. The van der Waals surface area contributed by atoms with E-state index in [1.807, 2.05) is 18.7 Å². The van der Waals surface area contributed by atoms with Crippen LogP contribution >= 0.6 is 0 Å². The lowest BCUT2D eigenvalue weighted by atomic mass is 9.93. The predicted octanol–water partition coefficient (Wildman–Crippen LogP) is 1.14. The maximum atomic E-state index is 12.3. The third-order valence-electron chi connectivity index (χ3n) is 3.87. The molecule has 1 fully saturated rings. The van der Waals surface area contributed by atoms with E-state index in [4.69, 9.17) is 10.3 Å². The molecule has 0 aliphatic carbocycles. The molecule has 0 bridgehead atoms. The van der Waals surface area contributed by atoms with Gasteiger partial charge in [-0.3, -0.25) is 4.79 Å². The van der Waals surface area contributed by atoms with Crippen molar-refractivity contribution in [2.24, 2.45) is 17.6 Å². The molecule has 0 saturated carbocycles. The van der Waals surface area contributed by atoms with Crippen LogP contribution in [0.15, 0.2) is 4.52 Å². The molecular weight excluding hydrogens is 256 g/mol. The minimum absolute atomic E-state index is 0.0639. The number of amides is 1. The average molecular weight is 280 g/mol. The predicted molar refractivity (Wildman–Crippen MR) is 74.9 cm³/mol. The number of hydrogen-bond acceptors (Lipinski definition) is 5. The second-order valence-corrected chi connectivity index (χ2v) is 6.00. The van der Waals surface area contributed by atoms with E-state index in [2.05, 4.69) is 10.1 Å². The Hall–Kier alpha value is -1.43. The van der Waals surface area contributed by atoms with Gasteiger partial charge in [-0.05, 0) is 24.7 Å². The third-order valence-corrected chi connectivity index (χ3v) is 3.87. The number of nitrogens with zero attached hydrogens (tertiary/aromatic N) is 3. The molecule has 2 atom stereocenters. The highest BCUT2D eigenvalue weighted by Gasteiger charge is 2.29. The number of rotatable bonds is 4. The summed E-state index contributed by atoms with van der Waals surface area (Å²) in [6, 6.07) is -0.402. The van der Waals surface area contributed by atoms with Gasteiger partial charge in [0.2, 0.25) is 11.8 Å². The first-order chi connectivity index (χ1) is 9.47. The van der Waals surface area contributed by atoms with Crippen molar-refractivity contribution in [1.29, 1.82) is 0 Å². The van der Waals surface area contributed by atoms with Crippen molar-refractivity contribution in [3.8, 4) is 0 Å². The third kappa shape index (κ3) is 3.56. The van der Waals surface area contributed by atoms with Crippen molar-refractivity contribution < 1.29 is 9.32 Å².